The van der Waals surface area contributed by atoms with E-state index in [2.05, 4.69) is 50.0 Å². The van der Waals surface area contributed by atoms with Gasteiger partial charge in [0.2, 0.25) is 0 Å². The Hall–Kier alpha value is -1.02. The average Bonchev–Trinajstić information content (AvgIpc) is 2.34. The molecule has 0 spiro atoms. The average molecular weight is 263 g/mol. The van der Waals surface area contributed by atoms with Gasteiger partial charge in [-0.1, -0.05) is 31.2 Å². The fourth-order valence-electron chi connectivity index (χ4n) is 2.89. The second kappa shape index (κ2) is 8.21. The highest BCUT2D eigenvalue weighted by Gasteiger charge is 2.28. The van der Waals surface area contributed by atoms with Crippen molar-refractivity contribution in [2.24, 2.45) is 5.92 Å². The van der Waals surface area contributed by atoms with Crippen LogP contribution in [0, 0.1) is 5.92 Å². The van der Waals surface area contributed by atoms with Crippen molar-refractivity contribution in [2.75, 3.05) is 13.7 Å². The van der Waals surface area contributed by atoms with Gasteiger partial charge in [0.15, 0.2) is 0 Å². The van der Waals surface area contributed by atoms with Crippen molar-refractivity contribution in [1.82, 2.24) is 4.90 Å². The van der Waals surface area contributed by atoms with Crippen LogP contribution in [0.2, 0.25) is 0 Å². The summed E-state index contributed by atoms with van der Waals surface area (Å²) >= 11 is 0. The monoisotopic (exact) mass is 263 g/mol. The van der Waals surface area contributed by atoms with Crippen molar-refractivity contribution in [1.29, 1.82) is 0 Å². The number of rotatable bonds is 5. The number of likely N-dealkylation sites (tertiary alicyclic amines) is 1. The van der Waals surface area contributed by atoms with E-state index in [0.717, 1.165) is 19.4 Å². The summed E-state index contributed by atoms with van der Waals surface area (Å²) in [5.41, 5.74) is 1.44. The summed E-state index contributed by atoms with van der Waals surface area (Å²) in [5.74, 6) is 0.592. The van der Waals surface area contributed by atoms with E-state index in [-0.39, 0.29) is 0 Å². The zero-order valence-electron chi connectivity index (χ0n) is 13.1. The van der Waals surface area contributed by atoms with Crippen LogP contribution in [0.1, 0.15) is 40.5 Å². The van der Waals surface area contributed by atoms with E-state index < -0.39 is 0 Å². The van der Waals surface area contributed by atoms with Crippen molar-refractivity contribution >= 4 is 0 Å². The molecule has 2 heteroatoms. The molecule has 0 aliphatic carbocycles. The Bertz CT molecular complexity index is 329. The van der Waals surface area contributed by atoms with Gasteiger partial charge in [0.25, 0.3) is 0 Å². The zero-order valence-corrected chi connectivity index (χ0v) is 13.1. The summed E-state index contributed by atoms with van der Waals surface area (Å²) in [4.78, 5) is 2.62. The molecule has 0 aromatic rings. The molecular formula is C17H29NO. The van der Waals surface area contributed by atoms with Crippen molar-refractivity contribution in [3.63, 3.8) is 0 Å². The maximum absolute atomic E-state index is 5.16. The molecule has 0 amide bonds. The topological polar surface area (TPSA) is 12.5 Å². The van der Waals surface area contributed by atoms with Crippen molar-refractivity contribution < 1.29 is 4.74 Å². The van der Waals surface area contributed by atoms with Gasteiger partial charge in [-0.05, 0) is 45.1 Å². The molecule has 1 heterocycles. The molecule has 1 unspecified atom stereocenters. The molecule has 108 valence electrons. The molecule has 1 aliphatic rings. The third kappa shape index (κ3) is 5.23. The molecule has 0 radical (unpaired) electrons. The third-order valence-electron chi connectivity index (χ3n) is 3.77. The first-order valence-corrected chi connectivity index (χ1v) is 7.34. The Morgan fingerprint density at radius 2 is 1.89 bits per heavy atom. The highest BCUT2D eigenvalue weighted by atomic mass is 16.5. The highest BCUT2D eigenvalue weighted by Crippen LogP contribution is 2.28. The van der Waals surface area contributed by atoms with Gasteiger partial charge in [-0.15, -0.1) is 0 Å². The van der Waals surface area contributed by atoms with Crippen LogP contribution in [-0.2, 0) is 4.74 Å². The van der Waals surface area contributed by atoms with Crippen LogP contribution >= 0.6 is 0 Å². The standard InChI is InChI=1S/C17H29NO/c1-6-7-8-9-14(2)12-18-15(3)10-17(13-19-5)11-16(18)4/h6-9,13-16H,10-12H2,1-5H3/b7-6-,9-8-,17-13?/t14?,15-,16+. The minimum Gasteiger partial charge on any atom is -0.504 e. The normalized spacial score (nSPS) is 29.4. The van der Waals surface area contributed by atoms with Gasteiger partial charge in [-0.25, -0.2) is 0 Å². The quantitative estimate of drug-likeness (QED) is 0.545. The molecule has 1 fully saturated rings. The second-order valence-corrected chi connectivity index (χ2v) is 5.70. The summed E-state index contributed by atoms with van der Waals surface area (Å²) in [6, 6.07) is 1.20. The van der Waals surface area contributed by atoms with E-state index in [1.54, 1.807) is 7.11 Å². The SMILES string of the molecule is C/C=C\C=C/C(C)CN1[C@H](C)CC(=COC)C[C@@H]1C. The molecule has 0 aromatic carbocycles. The largest absolute Gasteiger partial charge is 0.504 e. The summed E-state index contributed by atoms with van der Waals surface area (Å²) in [6.07, 6.45) is 12.8. The molecule has 1 saturated heterocycles. The number of piperidine rings is 1. The predicted molar refractivity (Wildman–Crippen MR) is 83.1 cm³/mol. The smallest absolute Gasteiger partial charge is 0.0817 e. The molecule has 1 rings (SSSR count). The zero-order chi connectivity index (χ0) is 14.3. The summed E-state index contributed by atoms with van der Waals surface area (Å²) in [5, 5.41) is 0. The van der Waals surface area contributed by atoms with Gasteiger partial charge in [0, 0.05) is 18.6 Å². The Labute approximate surface area is 118 Å². The first kappa shape index (κ1) is 16.0. The van der Waals surface area contributed by atoms with Crippen molar-refractivity contribution in [2.45, 2.75) is 52.6 Å². The molecule has 0 N–H and O–H groups in total. The van der Waals surface area contributed by atoms with Crippen LogP contribution in [0.4, 0.5) is 0 Å². The fraction of sp³-hybridized carbons (Fsp3) is 0.647. The number of hydrogen-bond acceptors (Lipinski definition) is 2. The molecule has 1 aliphatic heterocycles. The summed E-state index contributed by atoms with van der Waals surface area (Å²) in [6.45, 7) is 10.1. The van der Waals surface area contributed by atoms with E-state index in [1.807, 2.05) is 13.2 Å². The minimum atomic E-state index is 0.592. The van der Waals surface area contributed by atoms with E-state index in [9.17, 15) is 0 Å². The first-order chi connectivity index (χ1) is 9.08. The van der Waals surface area contributed by atoms with E-state index in [4.69, 9.17) is 4.74 Å². The number of allylic oxidation sites excluding steroid dienone is 3. The van der Waals surface area contributed by atoms with Crippen LogP contribution < -0.4 is 0 Å². The molecule has 19 heavy (non-hydrogen) atoms. The fourth-order valence-corrected chi connectivity index (χ4v) is 2.89. The Kier molecular flexibility index (Phi) is 6.93. The Morgan fingerprint density at radius 3 is 2.42 bits per heavy atom. The molecule has 2 nitrogen and oxygen atoms in total. The lowest BCUT2D eigenvalue weighted by molar-refractivity contribution is 0.114. The van der Waals surface area contributed by atoms with Gasteiger partial charge in [-0.3, -0.25) is 4.90 Å². The second-order valence-electron chi connectivity index (χ2n) is 5.70. The lowest BCUT2D eigenvalue weighted by atomic mass is 9.92. The summed E-state index contributed by atoms with van der Waals surface area (Å²) < 4.78 is 5.16. The number of hydrogen-bond donors (Lipinski definition) is 0. The predicted octanol–water partition coefficient (Wildman–Crippen LogP) is 4.16. The van der Waals surface area contributed by atoms with Gasteiger partial charge in [-0.2, -0.15) is 0 Å². The Balaban J connectivity index is 2.56. The lowest BCUT2D eigenvalue weighted by Crippen LogP contribution is -2.46. The van der Waals surface area contributed by atoms with Crippen LogP contribution in [0.3, 0.4) is 0 Å². The van der Waals surface area contributed by atoms with E-state index in [1.165, 1.54) is 5.57 Å². The van der Waals surface area contributed by atoms with Gasteiger partial charge >= 0.3 is 0 Å². The van der Waals surface area contributed by atoms with Gasteiger partial charge in [0.1, 0.15) is 0 Å². The van der Waals surface area contributed by atoms with Crippen LogP contribution in [-0.4, -0.2) is 30.6 Å². The maximum Gasteiger partial charge on any atom is 0.0817 e. The van der Waals surface area contributed by atoms with Gasteiger partial charge in [0.05, 0.1) is 13.4 Å². The van der Waals surface area contributed by atoms with E-state index in [0.29, 0.717) is 18.0 Å². The molecular weight excluding hydrogens is 234 g/mol. The molecule has 3 atom stereocenters. The van der Waals surface area contributed by atoms with Crippen LogP contribution in [0.25, 0.3) is 0 Å². The minimum absolute atomic E-state index is 0.592. The molecule has 0 saturated carbocycles. The maximum atomic E-state index is 5.16. The summed E-state index contributed by atoms with van der Waals surface area (Å²) in [7, 11) is 1.74. The molecule has 0 bridgehead atoms. The lowest BCUT2D eigenvalue weighted by Gasteiger charge is -2.41. The van der Waals surface area contributed by atoms with E-state index >= 15 is 0 Å². The molecule has 0 aromatic heterocycles. The number of ether oxygens (including phenoxy) is 1. The van der Waals surface area contributed by atoms with Crippen LogP contribution in [0.5, 0.6) is 0 Å². The first-order valence-electron chi connectivity index (χ1n) is 7.34. The number of nitrogens with zero attached hydrogens (tertiary/aromatic N) is 1. The van der Waals surface area contributed by atoms with Crippen molar-refractivity contribution in [3.05, 3.63) is 36.1 Å². The highest BCUT2D eigenvalue weighted by molar-refractivity contribution is 5.09. The Morgan fingerprint density at radius 1 is 1.26 bits per heavy atom. The van der Waals surface area contributed by atoms with Crippen LogP contribution in [0.15, 0.2) is 36.1 Å². The van der Waals surface area contributed by atoms with Gasteiger partial charge < -0.3 is 4.74 Å². The van der Waals surface area contributed by atoms with Crippen molar-refractivity contribution in [3.8, 4) is 0 Å². The third-order valence-corrected chi connectivity index (χ3v) is 3.77. The number of methoxy groups -OCH3 is 1.